The molecular weight excluding hydrogens is 398 g/mol. The van der Waals surface area contributed by atoms with E-state index in [0.717, 1.165) is 46.6 Å². The van der Waals surface area contributed by atoms with Crippen molar-refractivity contribution in [3.63, 3.8) is 0 Å². The summed E-state index contributed by atoms with van der Waals surface area (Å²) >= 11 is 0. The molecule has 0 spiro atoms. The van der Waals surface area contributed by atoms with Crippen LogP contribution < -0.4 is 9.64 Å². The van der Waals surface area contributed by atoms with Gasteiger partial charge in [-0.05, 0) is 55.4 Å². The Bertz CT molecular complexity index is 1140. The van der Waals surface area contributed by atoms with Crippen molar-refractivity contribution in [2.45, 2.75) is 19.9 Å². The number of aromatic nitrogens is 1. The van der Waals surface area contributed by atoms with Crippen LogP contribution in [0, 0.1) is 0 Å². The Hall–Kier alpha value is -3.44. The third-order valence-corrected chi connectivity index (χ3v) is 5.54. The zero-order chi connectivity index (χ0) is 22.5. The zero-order valence-electron chi connectivity index (χ0n) is 18.9. The van der Waals surface area contributed by atoms with Crippen molar-refractivity contribution in [1.82, 2.24) is 9.88 Å². The SMILES string of the molecule is CC(=O)N1Cc2ccc(-c3cccc(OCCCN(C)C)n3)cc2C=Cc2ccccc21. The van der Waals surface area contributed by atoms with Gasteiger partial charge in [0, 0.05) is 25.1 Å². The lowest BCUT2D eigenvalue weighted by atomic mass is 9.97. The molecular formula is C27H29N3O2. The van der Waals surface area contributed by atoms with Gasteiger partial charge < -0.3 is 14.5 Å². The first-order valence-electron chi connectivity index (χ1n) is 10.9. The van der Waals surface area contributed by atoms with Crippen LogP contribution in [0.25, 0.3) is 23.4 Å². The van der Waals surface area contributed by atoms with Crippen molar-refractivity contribution >= 4 is 23.7 Å². The van der Waals surface area contributed by atoms with E-state index in [2.05, 4.69) is 49.3 Å². The molecule has 1 aliphatic rings. The maximum absolute atomic E-state index is 12.4. The highest BCUT2D eigenvalue weighted by atomic mass is 16.5. The van der Waals surface area contributed by atoms with Gasteiger partial charge in [-0.1, -0.05) is 48.6 Å². The number of amides is 1. The third-order valence-electron chi connectivity index (χ3n) is 5.54. The molecule has 1 aliphatic heterocycles. The second-order valence-corrected chi connectivity index (χ2v) is 8.28. The molecule has 4 rings (SSSR count). The molecule has 0 bridgehead atoms. The molecule has 0 fully saturated rings. The summed E-state index contributed by atoms with van der Waals surface area (Å²) in [5, 5.41) is 0. The summed E-state index contributed by atoms with van der Waals surface area (Å²) in [5.41, 5.74) is 6.05. The van der Waals surface area contributed by atoms with Crippen molar-refractivity contribution in [2.24, 2.45) is 0 Å². The molecule has 1 amide bonds. The maximum Gasteiger partial charge on any atom is 0.224 e. The molecule has 0 aliphatic carbocycles. The van der Waals surface area contributed by atoms with E-state index < -0.39 is 0 Å². The number of anilines is 1. The second kappa shape index (κ2) is 9.79. The number of nitrogens with zero attached hydrogens (tertiary/aromatic N) is 3. The van der Waals surface area contributed by atoms with Crippen molar-refractivity contribution in [3.8, 4) is 17.1 Å². The zero-order valence-corrected chi connectivity index (χ0v) is 18.9. The highest BCUT2D eigenvalue weighted by molar-refractivity contribution is 5.95. The van der Waals surface area contributed by atoms with Gasteiger partial charge >= 0.3 is 0 Å². The first kappa shape index (κ1) is 21.8. The van der Waals surface area contributed by atoms with Crippen LogP contribution in [0.4, 0.5) is 5.69 Å². The highest BCUT2D eigenvalue weighted by Gasteiger charge is 2.18. The lowest BCUT2D eigenvalue weighted by Crippen LogP contribution is -2.29. The highest BCUT2D eigenvalue weighted by Crippen LogP contribution is 2.31. The standard InChI is InChI=1S/C27H29N3O2/c1-20(31)30-19-24-15-14-23(18-22(24)13-12-21-8-4-5-10-26(21)30)25-9-6-11-27(28-25)32-17-7-16-29(2)3/h4-6,8-15,18H,7,16-17,19H2,1-3H3. The van der Waals surface area contributed by atoms with Gasteiger partial charge in [0.25, 0.3) is 0 Å². The number of carbonyl (C=O) groups is 1. The van der Waals surface area contributed by atoms with Crippen LogP contribution in [-0.2, 0) is 11.3 Å². The molecule has 5 heteroatoms. The summed E-state index contributed by atoms with van der Waals surface area (Å²) in [5.74, 6) is 0.670. The van der Waals surface area contributed by atoms with E-state index >= 15 is 0 Å². The van der Waals surface area contributed by atoms with Gasteiger partial charge in [-0.2, -0.15) is 0 Å². The molecule has 5 nitrogen and oxygen atoms in total. The molecule has 3 aromatic rings. The molecule has 164 valence electrons. The van der Waals surface area contributed by atoms with Crippen LogP contribution in [0.3, 0.4) is 0 Å². The maximum atomic E-state index is 12.4. The second-order valence-electron chi connectivity index (χ2n) is 8.28. The lowest BCUT2D eigenvalue weighted by Gasteiger charge is -2.26. The summed E-state index contributed by atoms with van der Waals surface area (Å²) in [6.07, 6.45) is 5.15. The Morgan fingerprint density at radius 2 is 1.84 bits per heavy atom. The number of hydrogen-bond donors (Lipinski definition) is 0. The Morgan fingerprint density at radius 1 is 1.03 bits per heavy atom. The average Bonchev–Trinajstić information content (AvgIpc) is 2.78. The predicted octanol–water partition coefficient (Wildman–Crippen LogP) is 5.12. The van der Waals surface area contributed by atoms with E-state index in [9.17, 15) is 4.79 Å². The van der Waals surface area contributed by atoms with Gasteiger partial charge in [0.1, 0.15) is 0 Å². The number of hydrogen-bond acceptors (Lipinski definition) is 4. The Balaban J connectivity index is 1.61. The van der Waals surface area contributed by atoms with Crippen LogP contribution in [0.5, 0.6) is 5.88 Å². The Kier molecular flexibility index (Phi) is 6.66. The summed E-state index contributed by atoms with van der Waals surface area (Å²) < 4.78 is 5.85. The van der Waals surface area contributed by atoms with Gasteiger partial charge in [0.15, 0.2) is 0 Å². The van der Waals surface area contributed by atoms with Gasteiger partial charge in [-0.25, -0.2) is 4.98 Å². The minimum Gasteiger partial charge on any atom is -0.478 e. The van der Waals surface area contributed by atoms with Crippen molar-refractivity contribution in [1.29, 1.82) is 0 Å². The summed E-state index contributed by atoms with van der Waals surface area (Å²) in [6, 6.07) is 20.2. The molecule has 0 unspecified atom stereocenters. The average molecular weight is 428 g/mol. The summed E-state index contributed by atoms with van der Waals surface area (Å²) in [7, 11) is 4.11. The van der Waals surface area contributed by atoms with E-state index in [-0.39, 0.29) is 5.91 Å². The van der Waals surface area contributed by atoms with E-state index in [1.165, 1.54) is 0 Å². The minimum absolute atomic E-state index is 0.0311. The van der Waals surface area contributed by atoms with Crippen molar-refractivity contribution in [3.05, 3.63) is 77.4 Å². The van der Waals surface area contributed by atoms with Crippen molar-refractivity contribution < 1.29 is 9.53 Å². The van der Waals surface area contributed by atoms with Gasteiger partial charge in [0.05, 0.1) is 24.5 Å². The molecule has 2 heterocycles. The predicted molar refractivity (Wildman–Crippen MR) is 131 cm³/mol. The number of ether oxygens (including phenoxy) is 1. The van der Waals surface area contributed by atoms with E-state index in [0.29, 0.717) is 19.0 Å². The number of para-hydroxylation sites is 1. The summed E-state index contributed by atoms with van der Waals surface area (Å²) in [6.45, 7) is 3.78. The number of carbonyl (C=O) groups excluding carboxylic acids is 1. The third kappa shape index (κ3) is 5.06. The number of benzene rings is 2. The van der Waals surface area contributed by atoms with Gasteiger partial charge in [-0.3, -0.25) is 4.79 Å². The van der Waals surface area contributed by atoms with Gasteiger partial charge in [-0.15, -0.1) is 0 Å². The van der Waals surface area contributed by atoms with Crippen molar-refractivity contribution in [2.75, 3.05) is 32.1 Å². The monoisotopic (exact) mass is 427 g/mol. The number of rotatable bonds is 6. The lowest BCUT2D eigenvalue weighted by molar-refractivity contribution is -0.116. The van der Waals surface area contributed by atoms with E-state index in [4.69, 9.17) is 9.72 Å². The van der Waals surface area contributed by atoms with E-state index in [1.807, 2.05) is 47.4 Å². The molecule has 0 saturated carbocycles. The Labute approximate surface area is 190 Å². The van der Waals surface area contributed by atoms with Crippen LogP contribution in [0.15, 0.2) is 60.7 Å². The van der Waals surface area contributed by atoms with Crippen LogP contribution in [0.2, 0.25) is 0 Å². The molecule has 0 N–H and O–H groups in total. The largest absolute Gasteiger partial charge is 0.478 e. The molecule has 0 saturated heterocycles. The fraction of sp³-hybridized carbons (Fsp3) is 0.259. The van der Waals surface area contributed by atoms with Crippen LogP contribution >= 0.6 is 0 Å². The molecule has 2 aromatic carbocycles. The first-order chi connectivity index (χ1) is 15.5. The van der Waals surface area contributed by atoms with E-state index in [1.54, 1.807) is 6.92 Å². The fourth-order valence-electron chi connectivity index (χ4n) is 3.86. The molecule has 32 heavy (non-hydrogen) atoms. The fourth-order valence-corrected chi connectivity index (χ4v) is 3.86. The van der Waals surface area contributed by atoms with Gasteiger partial charge in [0.2, 0.25) is 11.8 Å². The molecule has 0 atom stereocenters. The topological polar surface area (TPSA) is 45.7 Å². The number of pyridine rings is 1. The molecule has 0 radical (unpaired) electrons. The quantitative estimate of drug-likeness (QED) is 0.513. The normalized spacial score (nSPS) is 12.7. The van der Waals surface area contributed by atoms with Crippen LogP contribution in [0.1, 0.15) is 30.0 Å². The minimum atomic E-state index is 0.0311. The molecule has 1 aromatic heterocycles. The first-order valence-corrected chi connectivity index (χ1v) is 10.9. The van der Waals surface area contributed by atoms with Crippen LogP contribution in [-0.4, -0.2) is 43.0 Å². The Morgan fingerprint density at radius 3 is 2.66 bits per heavy atom. The smallest absolute Gasteiger partial charge is 0.224 e. The number of fused-ring (bicyclic) bond motifs is 2. The summed E-state index contributed by atoms with van der Waals surface area (Å²) in [4.78, 5) is 21.1.